The van der Waals surface area contributed by atoms with Crippen molar-refractivity contribution in [2.75, 3.05) is 0 Å². The van der Waals surface area contributed by atoms with Gasteiger partial charge in [0.2, 0.25) is 0 Å². The maximum absolute atomic E-state index is 13.0. The summed E-state index contributed by atoms with van der Waals surface area (Å²) in [6.45, 7) is 3.99. The first kappa shape index (κ1) is 10.6. The minimum atomic E-state index is -0.216. The van der Waals surface area contributed by atoms with Gasteiger partial charge in [-0.2, -0.15) is 0 Å². The van der Waals surface area contributed by atoms with Crippen LogP contribution in [0.3, 0.4) is 0 Å². The van der Waals surface area contributed by atoms with Gasteiger partial charge in [-0.1, -0.05) is 49.0 Å². The zero-order valence-corrected chi connectivity index (χ0v) is 8.99. The van der Waals surface area contributed by atoms with Gasteiger partial charge in [-0.25, -0.2) is 4.39 Å². The fourth-order valence-electron chi connectivity index (χ4n) is 1.65. The van der Waals surface area contributed by atoms with Gasteiger partial charge in [0.15, 0.2) is 0 Å². The molecule has 80 valence electrons. The van der Waals surface area contributed by atoms with E-state index < -0.39 is 0 Å². The summed E-state index contributed by atoms with van der Waals surface area (Å²) in [6.07, 6.45) is 0.754. The van der Waals surface area contributed by atoms with Crippen LogP contribution in [-0.4, -0.2) is 0 Å². The second-order valence-corrected chi connectivity index (χ2v) is 3.78. The second kappa shape index (κ2) is 4.75. The Kier molecular flexibility index (Phi) is 3.16. The van der Waals surface area contributed by atoms with Gasteiger partial charge < -0.3 is 0 Å². The number of hydrogen-bond donors (Lipinski definition) is 0. The molecule has 0 aliphatic carbocycles. The van der Waals surface area contributed by atoms with Crippen molar-refractivity contribution in [3.63, 3.8) is 0 Å². The highest BCUT2D eigenvalue weighted by Gasteiger charge is 2.01. The fraction of sp³-hybridized carbons (Fsp3) is 0.0667. The molecule has 0 bridgehead atoms. The Hall–Kier alpha value is -1.89. The van der Waals surface area contributed by atoms with Crippen molar-refractivity contribution >= 4 is 5.57 Å². The summed E-state index contributed by atoms with van der Waals surface area (Å²) >= 11 is 0. The molecule has 0 nitrogen and oxygen atoms in total. The topological polar surface area (TPSA) is 0 Å². The molecule has 0 unspecified atom stereocenters. The van der Waals surface area contributed by atoms with Crippen LogP contribution in [0.25, 0.3) is 5.57 Å². The molecule has 2 aromatic carbocycles. The van der Waals surface area contributed by atoms with E-state index >= 15 is 0 Å². The van der Waals surface area contributed by atoms with Crippen LogP contribution in [0.5, 0.6) is 0 Å². The molecule has 0 aliphatic heterocycles. The lowest BCUT2D eigenvalue weighted by atomic mass is 10.00. The third-order valence-corrected chi connectivity index (χ3v) is 2.49. The zero-order valence-electron chi connectivity index (χ0n) is 8.99. The average Bonchev–Trinajstić information content (AvgIpc) is 2.30. The molecule has 0 saturated heterocycles. The molecule has 0 radical (unpaired) electrons. The van der Waals surface area contributed by atoms with E-state index in [-0.39, 0.29) is 5.82 Å². The Morgan fingerprint density at radius 1 is 1.00 bits per heavy atom. The highest BCUT2D eigenvalue weighted by molar-refractivity contribution is 5.65. The van der Waals surface area contributed by atoms with E-state index in [2.05, 4.69) is 6.58 Å². The normalized spacial score (nSPS) is 10.1. The standard InChI is InChI=1S/C15H13F/c1-12(10-13-6-3-2-4-7-13)14-8-5-9-15(16)11-14/h2-9,11H,1,10H2. The van der Waals surface area contributed by atoms with Crippen LogP contribution in [0.15, 0.2) is 61.2 Å². The maximum Gasteiger partial charge on any atom is 0.123 e. The maximum atomic E-state index is 13.0. The molecule has 0 spiro atoms. The third kappa shape index (κ3) is 2.57. The largest absolute Gasteiger partial charge is 0.207 e. The summed E-state index contributed by atoms with van der Waals surface area (Å²) in [4.78, 5) is 0. The molecular formula is C15H13F. The van der Waals surface area contributed by atoms with Gasteiger partial charge in [-0.3, -0.25) is 0 Å². The van der Waals surface area contributed by atoms with Crippen LogP contribution in [-0.2, 0) is 6.42 Å². The molecule has 0 aromatic heterocycles. The quantitative estimate of drug-likeness (QED) is 0.719. The second-order valence-electron chi connectivity index (χ2n) is 3.78. The van der Waals surface area contributed by atoms with E-state index in [1.807, 2.05) is 36.4 Å². The van der Waals surface area contributed by atoms with Crippen molar-refractivity contribution in [1.29, 1.82) is 0 Å². The van der Waals surface area contributed by atoms with Crippen LogP contribution >= 0.6 is 0 Å². The third-order valence-electron chi connectivity index (χ3n) is 2.49. The molecular weight excluding hydrogens is 199 g/mol. The van der Waals surface area contributed by atoms with Crippen LogP contribution < -0.4 is 0 Å². The van der Waals surface area contributed by atoms with Gasteiger partial charge in [0.25, 0.3) is 0 Å². The summed E-state index contributed by atoms with van der Waals surface area (Å²) in [6, 6.07) is 16.6. The fourth-order valence-corrected chi connectivity index (χ4v) is 1.65. The smallest absolute Gasteiger partial charge is 0.123 e. The molecule has 2 aromatic rings. The SMILES string of the molecule is C=C(Cc1ccccc1)c1cccc(F)c1. The minimum Gasteiger partial charge on any atom is -0.207 e. The van der Waals surface area contributed by atoms with E-state index in [9.17, 15) is 4.39 Å². The lowest BCUT2D eigenvalue weighted by Crippen LogP contribution is -1.89. The van der Waals surface area contributed by atoms with Crippen LogP contribution in [0.2, 0.25) is 0 Å². The van der Waals surface area contributed by atoms with Gasteiger partial charge >= 0.3 is 0 Å². The van der Waals surface area contributed by atoms with Crippen molar-refractivity contribution < 1.29 is 4.39 Å². The Morgan fingerprint density at radius 2 is 1.75 bits per heavy atom. The molecule has 0 fully saturated rings. The van der Waals surface area contributed by atoms with E-state index in [0.717, 1.165) is 17.6 Å². The summed E-state index contributed by atoms with van der Waals surface area (Å²) in [5.41, 5.74) is 2.99. The predicted molar refractivity (Wildman–Crippen MR) is 65.6 cm³/mol. The first-order chi connectivity index (χ1) is 7.75. The van der Waals surface area contributed by atoms with E-state index in [1.165, 1.54) is 17.7 Å². The van der Waals surface area contributed by atoms with Crippen molar-refractivity contribution in [2.24, 2.45) is 0 Å². The van der Waals surface area contributed by atoms with Crippen LogP contribution in [0, 0.1) is 5.82 Å². The highest BCUT2D eigenvalue weighted by atomic mass is 19.1. The van der Waals surface area contributed by atoms with Crippen molar-refractivity contribution in [3.05, 3.63) is 78.1 Å². The van der Waals surface area contributed by atoms with E-state index in [1.54, 1.807) is 6.07 Å². The van der Waals surface area contributed by atoms with Gasteiger partial charge in [-0.05, 0) is 35.3 Å². The first-order valence-corrected chi connectivity index (χ1v) is 5.23. The molecule has 16 heavy (non-hydrogen) atoms. The Balaban J connectivity index is 2.15. The van der Waals surface area contributed by atoms with Crippen molar-refractivity contribution in [2.45, 2.75) is 6.42 Å². The Bertz CT molecular complexity index is 486. The lowest BCUT2D eigenvalue weighted by Gasteiger charge is -2.06. The zero-order chi connectivity index (χ0) is 11.4. The van der Waals surface area contributed by atoms with E-state index in [0.29, 0.717) is 0 Å². The summed E-state index contributed by atoms with van der Waals surface area (Å²) in [5, 5.41) is 0. The van der Waals surface area contributed by atoms with Crippen LogP contribution in [0.4, 0.5) is 4.39 Å². The number of rotatable bonds is 3. The number of hydrogen-bond acceptors (Lipinski definition) is 0. The number of benzene rings is 2. The molecule has 0 atom stereocenters. The number of halogens is 1. The molecule has 0 N–H and O–H groups in total. The monoisotopic (exact) mass is 212 g/mol. The first-order valence-electron chi connectivity index (χ1n) is 5.23. The highest BCUT2D eigenvalue weighted by Crippen LogP contribution is 2.18. The molecule has 0 heterocycles. The van der Waals surface area contributed by atoms with Gasteiger partial charge in [0, 0.05) is 0 Å². The van der Waals surface area contributed by atoms with E-state index in [4.69, 9.17) is 0 Å². The van der Waals surface area contributed by atoms with Crippen molar-refractivity contribution in [1.82, 2.24) is 0 Å². The Morgan fingerprint density at radius 3 is 2.44 bits per heavy atom. The molecule has 0 aliphatic rings. The van der Waals surface area contributed by atoms with Crippen LogP contribution in [0.1, 0.15) is 11.1 Å². The Labute approximate surface area is 95.1 Å². The summed E-state index contributed by atoms with van der Waals surface area (Å²) in [7, 11) is 0. The van der Waals surface area contributed by atoms with Gasteiger partial charge in [0.1, 0.15) is 5.82 Å². The van der Waals surface area contributed by atoms with Gasteiger partial charge in [0.05, 0.1) is 0 Å². The minimum absolute atomic E-state index is 0.216. The molecule has 2 rings (SSSR count). The molecule has 1 heteroatoms. The lowest BCUT2D eigenvalue weighted by molar-refractivity contribution is 0.627. The predicted octanol–water partition coefficient (Wildman–Crippen LogP) is 4.08. The molecule has 0 amide bonds. The molecule has 0 saturated carbocycles. The van der Waals surface area contributed by atoms with Crippen molar-refractivity contribution in [3.8, 4) is 0 Å². The summed E-state index contributed by atoms with van der Waals surface area (Å²) < 4.78 is 13.0. The van der Waals surface area contributed by atoms with Gasteiger partial charge in [-0.15, -0.1) is 0 Å². The number of allylic oxidation sites excluding steroid dienone is 1. The summed E-state index contributed by atoms with van der Waals surface area (Å²) in [5.74, 6) is -0.216. The average molecular weight is 212 g/mol.